The van der Waals surface area contributed by atoms with Crippen LogP contribution in [0.15, 0.2) is 24.5 Å². The van der Waals surface area contributed by atoms with E-state index in [1.165, 1.54) is 5.56 Å². The summed E-state index contributed by atoms with van der Waals surface area (Å²) in [5.74, 6) is 0. The van der Waals surface area contributed by atoms with Crippen LogP contribution in [0.1, 0.15) is 31.9 Å². The summed E-state index contributed by atoms with van der Waals surface area (Å²) in [6, 6.07) is 4.15. The second-order valence-electron chi connectivity index (χ2n) is 4.62. The Kier molecular flexibility index (Phi) is 5.55. The molecule has 0 aliphatic rings. The number of nitrogens with one attached hydrogen (secondary N) is 1. The summed E-state index contributed by atoms with van der Waals surface area (Å²) in [4.78, 5) is 3.98. The highest BCUT2D eigenvalue weighted by Gasteiger charge is 2.20. The van der Waals surface area contributed by atoms with Gasteiger partial charge in [0, 0.05) is 45.1 Å². The Morgan fingerprint density at radius 2 is 2.12 bits per heavy atom. The SMILES string of the molecule is COCCC(C)(O)CNC(C)c1ccncc1. The van der Waals surface area contributed by atoms with Crippen molar-refractivity contribution >= 4 is 0 Å². The van der Waals surface area contributed by atoms with Gasteiger partial charge >= 0.3 is 0 Å². The van der Waals surface area contributed by atoms with Crippen molar-refractivity contribution in [2.45, 2.75) is 31.9 Å². The molecular weight excluding hydrogens is 216 g/mol. The van der Waals surface area contributed by atoms with Gasteiger partial charge in [0.1, 0.15) is 0 Å². The van der Waals surface area contributed by atoms with E-state index in [9.17, 15) is 5.11 Å². The van der Waals surface area contributed by atoms with Gasteiger partial charge in [0.2, 0.25) is 0 Å². The third-order valence-electron chi connectivity index (χ3n) is 2.84. The maximum Gasteiger partial charge on any atom is 0.0765 e. The topological polar surface area (TPSA) is 54.4 Å². The van der Waals surface area contributed by atoms with Gasteiger partial charge in [-0.1, -0.05) is 0 Å². The molecule has 2 atom stereocenters. The van der Waals surface area contributed by atoms with E-state index in [2.05, 4.69) is 17.2 Å². The van der Waals surface area contributed by atoms with Crippen LogP contribution in [0, 0.1) is 0 Å². The number of aliphatic hydroxyl groups is 1. The van der Waals surface area contributed by atoms with Crippen LogP contribution in [0.25, 0.3) is 0 Å². The molecule has 2 unspecified atom stereocenters. The molecule has 0 radical (unpaired) electrons. The van der Waals surface area contributed by atoms with E-state index in [0.29, 0.717) is 19.6 Å². The van der Waals surface area contributed by atoms with E-state index in [-0.39, 0.29) is 6.04 Å². The van der Waals surface area contributed by atoms with Crippen LogP contribution in [-0.2, 0) is 4.74 Å². The molecule has 1 aromatic heterocycles. The number of rotatable bonds is 7. The summed E-state index contributed by atoms with van der Waals surface area (Å²) in [6.45, 7) is 5.00. The van der Waals surface area contributed by atoms with Gasteiger partial charge in [-0.2, -0.15) is 0 Å². The van der Waals surface area contributed by atoms with Crippen molar-refractivity contribution in [2.75, 3.05) is 20.3 Å². The molecule has 4 nitrogen and oxygen atoms in total. The largest absolute Gasteiger partial charge is 0.389 e. The van der Waals surface area contributed by atoms with E-state index in [4.69, 9.17) is 4.74 Å². The van der Waals surface area contributed by atoms with Gasteiger partial charge in [-0.15, -0.1) is 0 Å². The molecule has 0 bridgehead atoms. The Bertz CT molecular complexity index is 314. The second-order valence-corrected chi connectivity index (χ2v) is 4.62. The minimum atomic E-state index is -0.739. The zero-order valence-corrected chi connectivity index (χ0v) is 10.8. The van der Waals surface area contributed by atoms with Crippen molar-refractivity contribution in [1.82, 2.24) is 10.3 Å². The maximum atomic E-state index is 10.1. The van der Waals surface area contributed by atoms with E-state index < -0.39 is 5.60 Å². The number of nitrogens with zero attached hydrogens (tertiary/aromatic N) is 1. The fraction of sp³-hybridized carbons (Fsp3) is 0.615. The zero-order valence-electron chi connectivity index (χ0n) is 10.8. The Labute approximate surface area is 103 Å². The van der Waals surface area contributed by atoms with Crippen molar-refractivity contribution in [2.24, 2.45) is 0 Å². The number of methoxy groups -OCH3 is 1. The summed E-state index contributed by atoms with van der Waals surface area (Å²) in [5, 5.41) is 13.4. The van der Waals surface area contributed by atoms with Crippen LogP contribution in [0.2, 0.25) is 0 Å². The standard InChI is InChI=1S/C13H22N2O2/c1-11(12-4-7-14-8-5-12)15-10-13(2,16)6-9-17-3/h4-5,7-8,11,15-16H,6,9-10H2,1-3H3. The van der Waals surface area contributed by atoms with Crippen LogP contribution in [0.4, 0.5) is 0 Å². The van der Waals surface area contributed by atoms with Gasteiger partial charge in [0.05, 0.1) is 5.60 Å². The quantitative estimate of drug-likeness (QED) is 0.756. The van der Waals surface area contributed by atoms with Crippen molar-refractivity contribution in [1.29, 1.82) is 0 Å². The number of pyridine rings is 1. The summed E-state index contributed by atoms with van der Waals surface area (Å²) in [6.07, 6.45) is 4.17. The van der Waals surface area contributed by atoms with Crippen LogP contribution >= 0.6 is 0 Å². The van der Waals surface area contributed by atoms with Crippen LogP contribution in [-0.4, -0.2) is 36.0 Å². The first-order valence-electron chi connectivity index (χ1n) is 5.90. The van der Waals surface area contributed by atoms with Crippen LogP contribution in [0.3, 0.4) is 0 Å². The molecule has 0 saturated carbocycles. The summed E-state index contributed by atoms with van der Waals surface area (Å²) >= 11 is 0. The fourth-order valence-electron chi connectivity index (χ4n) is 1.55. The Balaban J connectivity index is 2.40. The molecule has 0 spiro atoms. The van der Waals surface area contributed by atoms with E-state index in [0.717, 1.165) is 0 Å². The molecule has 96 valence electrons. The minimum Gasteiger partial charge on any atom is -0.389 e. The lowest BCUT2D eigenvalue weighted by molar-refractivity contribution is 0.0231. The third-order valence-corrected chi connectivity index (χ3v) is 2.84. The lowest BCUT2D eigenvalue weighted by atomic mass is 10.0. The van der Waals surface area contributed by atoms with Crippen molar-refractivity contribution in [3.05, 3.63) is 30.1 Å². The molecule has 0 aliphatic carbocycles. The number of aromatic nitrogens is 1. The predicted octanol–water partition coefficient (Wildman–Crippen LogP) is 1.52. The molecule has 17 heavy (non-hydrogen) atoms. The lowest BCUT2D eigenvalue weighted by Crippen LogP contribution is -2.39. The number of hydrogen-bond donors (Lipinski definition) is 2. The van der Waals surface area contributed by atoms with Gasteiger partial charge in [-0.05, 0) is 31.5 Å². The van der Waals surface area contributed by atoms with Crippen molar-refractivity contribution in [3.63, 3.8) is 0 Å². The molecule has 1 aromatic rings. The maximum absolute atomic E-state index is 10.1. The summed E-state index contributed by atoms with van der Waals surface area (Å²) in [7, 11) is 1.64. The highest BCUT2D eigenvalue weighted by atomic mass is 16.5. The highest BCUT2D eigenvalue weighted by Crippen LogP contribution is 2.13. The third kappa shape index (κ3) is 5.26. The van der Waals surface area contributed by atoms with Gasteiger partial charge in [0.25, 0.3) is 0 Å². The molecule has 0 fully saturated rings. The van der Waals surface area contributed by atoms with Crippen molar-refractivity contribution < 1.29 is 9.84 Å². The Morgan fingerprint density at radius 1 is 1.47 bits per heavy atom. The molecular formula is C13H22N2O2. The van der Waals surface area contributed by atoms with Crippen LogP contribution < -0.4 is 5.32 Å². The van der Waals surface area contributed by atoms with Gasteiger partial charge in [-0.25, -0.2) is 0 Å². The smallest absolute Gasteiger partial charge is 0.0765 e. The second kappa shape index (κ2) is 6.69. The van der Waals surface area contributed by atoms with Gasteiger partial charge in [-0.3, -0.25) is 4.98 Å². The first-order chi connectivity index (χ1) is 8.05. The van der Waals surface area contributed by atoms with Gasteiger partial charge in [0.15, 0.2) is 0 Å². The van der Waals surface area contributed by atoms with E-state index in [1.54, 1.807) is 19.5 Å². The highest BCUT2D eigenvalue weighted by molar-refractivity contribution is 5.13. The first-order valence-corrected chi connectivity index (χ1v) is 5.90. The first kappa shape index (κ1) is 14.1. The molecule has 0 amide bonds. The average molecular weight is 238 g/mol. The van der Waals surface area contributed by atoms with E-state index >= 15 is 0 Å². The summed E-state index contributed by atoms with van der Waals surface area (Å²) < 4.78 is 4.97. The number of hydrogen-bond acceptors (Lipinski definition) is 4. The molecule has 4 heteroatoms. The zero-order chi connectivity index (χ0) is 12.7. The van der Waals surface area contributed by atoms with Gasteiger partial charge < -0.3 is 15.2 Å². The Hall–Kier alpha value is -0.970. The monoisotopic (exact) mass is 238 g/mol. The van der Waals surface area contributed by atoms with E-state index in [1.807, 2.05) is 19.1 Å². The fourth-order valence-corrected chi connectivity index (χ4v) is 1.55. The normalized spacial score (nSPS) is 16.5. The molecule has 1 rings (SSSR count). The lowest BCUT2D eigenvalue weighted by Gasteiger charge is -2.25. The predicted molar refractivity (Wildman–Crippen MR) is 67.8 cm³/mol. The average Bonchev–Trinajstić information content (AvgIpc) is 2.35. The molecule has 0 aliphatic heterocycles. The minimum absolute atomic E-state index is 0.201. The van der Waals surface area contributed by atoms with Crippen LogP contribution in [0.5, 0.6) is 0 Å². The molecule has 2 N–H and O–H groups in total. The molecule has 0 saturated heterocycles. The molecule has 0 aromatic carbocycles. The Morgan fingerprint density at radius 3 is 2.71 bits per heavy atom. The number of ether oxygens (including phenoxy) is 1. The van der Waals surface area contributed by atoms with Crippen molar-refractivity contribution in [3.8, 4) is 0 Å². The summed E-state index contributed by atoms with van der Waals surface area (Å²) in [5.41, 5.74) is 0.430. The molecule has 1 heterocycles.